The molecule has 0 saturated carbocycles. The van der Waals surface area contributed by atoms with Crippen LogP contribution in [0.4, 0.5) is 0 Å². The molecule has 0 spiro atoms. The molecule has 0 aliphatic rings. The van der Waals surface area contributed by atoms with Gasteiger partial charge in [-0.2, -0.15) is 9.78 Å². The van der Waals surface area contributed by atoms with Crippen LogP contribution in [0.25, 0.3) is 39.1 Å². The first-order chi connectivity index (χ1) is 19.4. The van der Waals surface area contributed by atoms with Gasteiger partial charge in [0.2, 0.25) is 5.82 Å². The second kappa shape index (κ2) is 10.7. The molecule has 0 amide bonds. The summed E-state index contributed by atoms with van der Waals surface area (Å²) in [6.45, 7) is 6.36. The van der Waals surface area contributed by atoms with Crippen LogP contribution >= 0.6 is 15.9 Å². The van der Waals surface area contributed by atoms with Crippen molar-refractivity contribution in [2.75, 3.05) is 0 Å². The molecule has 40 heavy (non-hydrogen) atoms. The number of rotatable bonds is 7. The Kier molecular flexibility index (Phi) is 6.98. The lowest BCUT2D eigenvalue weighted by atomic mass is 10.1. The normalized spacial score (nSPS) is 11.8. The van der Waals surface area contributed by atoms with Crippen LogP contribution in [0.1, 0.15) is 42.3 Å². The number of hydrogen-bond donors (Lipinski definition) is 0. The maximum atomic E-state index is 13.7. The third-order valence-corrected chi connectivity index (χ3v) is 7.74. The highest BCUT2D eigenvalue weighted by Crippen LogP contribution is 2.29. The van der Waals surface area contributed by atoms with E-state index in [0.717, 1.165) is 38.9 Å². The van der Waals surface area contributed by atoms with Crippen molar-refractivity contribution in [1.29, 1.82) is 0 Å². The molecule has 3 heterocycles. The third-order valence-electron chi connectivity index (χ3n) is 7.25. The van der Waals surface area contributed by atoms with E-state index in [1.54, 1.807) is 12.3 Å². The number of furan rings is 1. The van der Waals surface area contributed by atoms with Crippen LogP contribution in [0.5, 0.6) is 0 Å². The lowest BCUT2D eigenvalue weighted by molar-refractivity contribution is 0.616. The summed E-state index contributed by atoms with van der Waals surface area (Å²) in [7, 11) is 0. The molecular weight excluding hydrogens is 564 g/mol. The van der Waals surface area contributed by atoms with E-state index in [2.05, 4.69) is 76.7 Å². The largest absolute Gasteiger partial charge is 0.453 e. The number of halogens is 1. The molecule has 0 aliphatic carbocycles. The first-order valence-electron chi connectivity index (χ1n) is 13.5. The topological polar surface area (TPSA) is 65.3 Å². The fraction of sp³-hybridized carbons (Fsp3) is 0.182. The zero-order valence-corrected chi connectivity index (χ0v) is 24.3. The molecule has 7 heteroatoms. The smallest absolute Gasteiger partial charge is 0.282 e. The van der Waals surface area contributed by atoms with Gasteiger partial charge in [-0.15, -0.1) is 0 Å². The van der Waals surface area contributed by atoms with Crippen molar-refractivity contribution in [3.05, 3.63) is 116 Å². The average Bonchev–Trinajstić information content (AvgIpc) is 3.50. The molecule has 200 valence electrons. The summed E-state index contributed by atoms with van der Waals surface area (Å²) in [5.74, 6) is 0.825. The van der Waals surface area contributed by atoms with Crippen molar-refractivity contribution in [3.63, 3.8) is 0 Å². The Labute approximate surface area is 240 Å². The Morgan fingerprint density at radius 1 is 1.00 bits per heavy atom. The van der Waals surface area contributed by atoms with Crippen molar-refractivity contribution >= 4 is 44.0 Å². The minimum atomic E-state index is -0.255. The summed E-state index contributed by atoms with van der Waals surface area (Å²) in [5.41, 5.74) is 6.56. The predicted molar refractivity (Wildman–Crippen MR) is 166 cm³/mol. The number of benzene rings is 3. The lowest BCUT2D eigenvalue weighted by Crippen LogP contribution is -2.20. The molecule has 0 saturated heterocycles. The van der Waals surface area contributed by atoms with E-state index < -0.39 is 0 Å². The molecule has 6 aromatic rings. The van der Waals surface area contributed by atoms with Gasteiger partial charge in [-0.05, 0) is 86.8 Å². The number of fused-ring (bicyclic) bond motifs is 2. The van der Waals surface area contributed by atoms with E-state index >= 15 is 0 Å². The highest BCUT2D eigenvalue weighted by Gasteiger charge is 2.17. The summed E-state index contributed by atoms with van der Waals surface area (Å²) >= 11 is 3.51. The molecule has 6 nitrogen and oxygen atoms in total. The van der Waals surface area contributed by atoms with Crippen LogP contribution in [-0.4, -0.2) is 20.4 Å². The number of unbranched alkanes of at least 4 members (excludes halogenated alkanes) is 1. The Balaban J connectivity index is 1.43. The van der Waals surface area contributed by atoms with Crippen LogP contribution in [0.15, 0.2) is 97.6 Å². The molecule has 0 N–H and O–H groups in total. The Morgan fingerprint density at radius 3 is 2.60 bits per heavy atom. The van der Waals surface area contributed by atoms with Crippen LogP contribution in [0.3, 0.4) is 0 Å². The van der Waals surface area contributed by atoms with Crippen molar-refractivity contribution in [2.45, 2.75) is 40.0 Å². The molecule has 0 unspecified atom stereocenters. The van der Waals surface area contributed by atoms with Gasteiger partial charge in [0, 0.05) is 32.5 Å². The van der Waals surface area contributed by atoms with E-state index in [-0.39, 0.29) is 5.56 Å². The van der Waals surface area contributed by atoms with Gasteiger partial charge in [0.25, 0.3) is 5.56 Å². The third kappa shape index (κ3) is 4.82. The minimum absolute atomic E-state index is 0.255. The number of aromatic nitrogens is 3. The summed E-state index contributed by atoms with van der Waals surface area (Å²) in [5, 5.41) is 6.09. The molecular formula is C33H29BrN4O2. The van der Waals surface area contributed by atoms with Crippen LogP contribution in [-0.2, 0) is 6.42 Å². The SMILES string of the molecule is CCCCc1ccc(-n2c(C)cc(C=Nn3c(-c4cc5cc(Br)ccc5o4)nc4ccccc4c3=O)c2C)cc1. The molecule has 0 aliphatic heterocycles. The molecule has 0 radical (unpaired) electrons. The Bertz CT molecular complexity index is 1940. The molecule has 3 aromatic carbocycles. The Hall–Kier alpha value is -4.23. The van der Waals surface area contributed by atoms with Crippen LogP contribution < -0.4 is 5.56 Å². The highest BCUT2D eigenvalue weighted by atomic mass is 79.9. The lowest BCUT2D eigenvalue weighted by Gasteiger charge is -2.11. The van der Waals surface area contributed by atoms with E-state index in [4.69, 9.17) is 9.40 Å². The summed E-state index contributed by atoms with van der Waals surface area (Å²) < 4.78 is 10.6. The number of nitrogens with zero attached hydrogens (tertiary/aromatic N) is 4. The van der Waals surface area contributed by atoms with E-state index in [1.807, 2.05) is 42.5 Å². The van der Waals surface area contributed by atoms with E-state index in [9.17, 15) is 4.79 Å². The quantitative estimate of drug-likeness (QED) is 0.175. The monoisotopic (exact) mass is 592 g/mol. The fourth-order valence-corrected chi connectivity index (χ4v) is 5.52. The van der Waals surface area contributed by atoms with Gasteiger partial charge in [-0.25, -0.2) is 4.98 Å². The highest BCUT2D eigenvalue weighted by molar-refractivity contribution is 9.10. The fourth-order valence-electron chi connectivity index (χ4n) is 5.14. The molecule has 6 rings (SSSR count). The van der Waals surface area contributed by atoms with Crippen LogP contribution in [0.2, 0.25) is 0 Å². The summed E-state index contributed by atoms with van der Waals surface area (Å²) in [6.07, 6.45) is 5.21. The van der Waals surface area contributed by atoms with Gasteiger partial charge in [0.15, 0.2) is 5.76 Å². The predicted octanol–water partition coefficient (Wildman–Crippen LogP) is 8.20. The number of aryl methyl sites for hydroxylation is 2. The minimum Gasteiger partial charge on any atom is -0.453 e. The van der Waals surface area contributed by atoms with Crippen molar-refractivity contribution in [1.82, 2.24) is 14.2 Å². The van der Waals surface area contributed by atoms with Gasteiger partial charge < -0.3 is 8.98 Å². The van der Waals surface area contributed by atoms with Crippen LogP contribution in [0, 0.1) is 13.8 Å². The zero-order valence-electron chi connectivity index (χ0n) is 22.7. The standard InChI is InChI=1S/C33H29BrN4O2/c1-4-5-8-23-11-14-27(15-12-23)37-21(2)17-25(22(37)3)20-35-38-32(36-29-10-7-6-9-28(29)33(38)39)31-19-24-18-26(34)13-16-30(24)40-31/h6-7,9-20H,4-5,8H2,1-3H3. The second-order valence-electron chi connectivity index (χ2n) is 10.0. The van der Waals surface area contributed by atoms with Crippen molar-refractivity contribution in [2.24, 2.45) is 5.10 Å². The van der Waals surface area contributed by atoms with E-state index in [1.165, 1.54) is 23.1 Å². The first-order valence-corrected chi connectivity index (χ1v) is 14.3. The van der Waals surface area contributed by atoms with Gasteiger partial charge in [0.05, 0.1) is 17.1 Å². The maximum Gasteiger partial charge on any atom is 0.282 e. The van der Waals surface area contributed by atoms with Crippen molar-refractivity contribution in [3.8, 4) is 17.3 Å². The van der Waals surface area contributed by atoms with Gasteiger partial charge in [0.1, 0.15) is 5.58 Å². The zero-order chi connectivity index (χ0) is 27.8. The van der Waals surface area contributed by atoms with Crippen molar-refractivity contribution < 1.29 is 4.42 Å². The molecule has 0 atom stereocenters. The average molecular weight is 594 g/mol. The first kappa shape index (κ1) is 26.0. The molecule has 0 fully saturated rings. The van der Waals surface area contributed by atoms with Gasteiger partial charge >= 0.3 is 0 Å². The molecule has 0 bridgehead atoms. The summed E-state index contributed by atoms with van der Waals surface area (Å²) in [4.78, 5) is 18.5. The number of hydrogen-bond acceptors (Lipinski definition) is 4. The summed E-state index contributed by atoms with van der Waals surface area (Å²) in [6, 6.07) is 25.8. The number of para-hydroxylation sites is 1. The molecule has 3 aromatic heterocycles. The van der Waals surface area contributed by atoms with Gasteiger partial charge in [-0.1, -0.05) is 53.5 Å². The second-order valence-corrected chi connectivity index (χ2v) is 11.0. The van der Waals surface area contributed by atoms with Gasteiger partial charge in [-0.3, -0.25) is 4.79 Å². The van der Waals surface area contributed by atoms with E-state index in [0.29, 0.717) is 28.1 Å². The maximum absolute atomic E-state index is 13.7. The Morgan fingerprint density at radius 2 is 1.80 bits per heavy atom.